The number of esters is 2. The van der Waals surface area contributed by atoms with E-state index >= 15 is 0 Å². The molecule has 0 aliphatic carbocycles. The molecule has 0 aliphatic heterocycles. The topological polar surface area (TPSA) is 111 Å². The average molecular weight is 1300 g/mol. The van der Waals surface area contributed by atoms with Crippen LogP contribution in [0.5, 0.6) is 0 Å². The summed E-state index contributed by atoms with van der Waals surface area (Å²) in [6, 6.07) is 0. The van der Waals surface area contributed by atoms with Crippen LogP contribution in [-0.2, 0) is 32.7 Å². The van der Waals surface area contributed by atoms with Crippen LogP contribution in [-0.4, -0.2) is 70.0 Å². The highest BCUT2D eigenvalue weighted by Gasteiger charge is 2.22. The fourth-order valence-electron chi connectivity index (χ4n) is 11.8. The summed E-state index contributed by atoms with van der Waals surface area (Å²) in [6.45, 7) is 4.20. The predicted octanol–water partition coefficient (Wildman–Crippen LogP) is 25.5. The summed E-state index contributed by atoms with van der Waals surface area (Å²) in [5.74, 6) is -0.812. The Bertz CT molecular complexity index is 1720. The van der Waals surface area contributed by atoms with E-state index in [9.17, 15) is 19.0 Å². The Hall–Kier alpha value is -2.29. The quantitative estimate of drug-likeness (QED) is 0.0195. The van der Waals surface area contributed by atoms with Gasteiger partial charge in [-0.3, -0.25) is 14.2 Å². The second-order valence-electron chi connectivity index (χ2n) is 28.1. The number of likely N-dealkylation sites (N-methyl/N-ethyl adjacent to an activating group) is 1. The Morgan fingerprint density at radius 1 is 0.352 bits per heavy atom. The van der Waals surface area contributed by atoms with Crippen LogP contribution in [0.25, 0.3) is 0 Å². The van der Waals surface area contributed by atoms with Crippen LogP contribution in [0.3, 0.4) is 0 Å². The molecule has 10 heteroatoms. The third-order valence-corrected chi connectivity index (χ3v) is 18.8. The molecule has 2 unspecified atom stereocenters. The minimum atomic E-state index is -4.64. The third-order valence-electron chi connectivity index (χ3n) is 17.8. The first kappa shape index (κ1) is 88.7. The van der Waals surface area contributed by atoms with Gasteiger partial charge in [-0.2, -0.15) is 0 Å². The van der Waals surface area contributed by atoms with Gasteiger partial charge < -0.3 is 27.9 Å². The van der Waals surface area contributed by atoms with E-state index < -0.39 is 26.5 Å². The normalized spacial score (nSPS) is 13.3. The second-order valence-corrected chi connectivity index (χ2v) is 29.5. The molecule has 0 aliphatic rings. The number of carbonyl (C=O) groups is 2. The number of allylic oxidation sites excluding steroid dienone is 10. The van der Waals surface area contributed by atoms with Crippen molar-refractivity contribution in [1.29, 1.82) is 0 Å². The summed E-state index contributed by atoms with van der Waals surface area (Å²) >= 11 is 0. The van der Waals surface area contributed by atoms with E-state index in [1.807, 2.05) is 21.1 Å². The van der Waals surface area contributed by atoms with Gasteiger partial charge in [0.1, 0.15) is 19.8 Å². The molecule has 0 fully saturated rings. The Labute approximate surface area is 566 Å². The minimum absolute atomic E-state index is 0.0290. The molecule has 0 radical (unpaired) electrons. The summed E-state index contributed by atoms with van der Waals surface area (Å²) < 4.78 is 34.4. The zero-order valence-corrected chi connectivity index (χ0v) is 62.0. The number of rotatable bonds is 74. The number of hydrogen-bond acceptors (Lipinski definition) is 8. The van der Waals surface area contributed by atoms with Gasteiger partial charge in [0.25, 0.3) is 7.82 Å². The van der Waals surface area contributed by atoms with E-state index in [1.54, 1.807) is 0 Å². The van der Waals surface area contributed by atoms with Gasteiger partial charge in [0.2, 0.25) is 0 Å². The molecule has 0 bridgehead atoms. The van der Waals surface area contributed by atoms with Gasteiger partial charge in [-0.1, -0.05) is 383 Å². The smallest absolute Gasteiger partial charge is 0.306 e. The van der Waals surface area contributed by atoms with Crippen molar-refractivity contribution in [3.05, 3.63) is 60.8 Å². The van der Waals surface area contributed by atoms with Gasteiger partial charge in [-0.25, -0.2) is 0 Å². The maximum absolute atomic E-state index is 12.9. The zero-order valence-electron chi connectivity index (χ0n) is 61.1. The summed E-state index contributed by atoms with van der Waals surface area (Å²) in [4.78, 5) is 38.2. The van der Waals surface area contributed by atoms with Gasteiger partial charge in [-0.15, -0.1) is 0 Å². The van der Waals surface area contributed by atoms with E-state index in [0.29, 0.717) is 17.4 Å². The Morgan fingerprint density at radius 2 is 0.626 bits per heavy atom. The van der Waals surface area contributed by atoms with Crippen molar-refractivity contribution < 1.29 is 42.1 Å². The second kappa shape index (κ2) is 72.0. The number of carbonyl (C=O) groups excluding carboxylic acids is 2. The van der Waals surface area contributed by atoms with Gasteiger partial charge >= 0.3 is 11.9 Å². The molecule has 0 rings (SSSR count). The Balaban J connectivity index is 3.93. The molecule has 2 atom stereocenters. The fourth-order valence-corrected chi connectivity index (χ4v) is 12.5. The first-order chi connectivity index (χ1) is 44.5. The fraction of sp³-hybridized carbons (Fsp3) is 0.852. The van der Waals surface area contributed by atoms with Crippen molar-refractivity contribution in [3.63, 3.8) is 0 Å². The monoisotopic (exact) mass is 1300 g/mol. The molecule has 0 spiro atoms. The first-order valence-corrected chi connectivity index (χ1v) is 41.0. The summed E-state index contributed by atoms with van der Waals surface area (Å²) in [6.07, 6.45) is 96.3. The molecular weight excluding hydrogens is 1150 g/mol. The molecule has 0 saturated heterocycles. The van der Waals surface area contributed by atoms with E-state index in [4.69, 9.17) is 18.5 Å². The number of nitrogens with zero attached hydrogens (tertiary/aromatic N) is 1. The SMILES string of the molecule is CC/C=C\C/C=C\C/C=C\C/C=C\C/C=C\CCCCCCCCCCCCCCCCCCCC(=O)OC(COC(=O)CCCCCCCCCCCCCCCCCCCCCCCCCCCCCCCCCCCC)COP(=O)([O-])OCC[N+](C)(C)C. The molecule has 0 N–H and O–H groups in total. The van der Waals surface area contributed by atoms with Crippen molar-refractivity contribution >= 4 is 19.8 Å². The van der Waals surface area contributed by atoms with Crippen molar-refractivity contribution in [2.75, 3.05) is 47.5 Å². The van der Waals surface area contributed by atoms with Crippen molar-refractivity contribution in [2.45, 2.75) is 399 Å². The lowest BCUT2D eigenvalue weighted by Crippen LogP contribution is -2.37. The lowest BCUT2D eigenvalue weighted by Gasteiger charge is -2.28. The van der Waals surface area contributed by atoms with Crippen LogP contribution in [0, 0.1) is 0 Å². The summed E-state index contributed by atoms with van der Waals surface area (Å²) in [7, 11) is 1.18. The van der Waals surface area contributed by atoms with Crippen LogP contribution < -0.4 is 4.89 Å². The van der Waals surface area contributed by atoms with Gasteiger partial charge in [0, 0.05) is 12.8 Å². The van der Waals surface area contributed by atoms with Crippen LogP contribution >= 0.6 is 7.82 Å². The number of phosphoric acid groups is 1. The van der Waals surface area contributed by atoms with E-state index in [2.05, 4.69) is 74.6 Å². The molecule has 0 heterocycles. The van der Waals surface area contributed by atoms with Gasteiger partial charge in [0.15, 0.2) is 6.10 Å². The molecule has 534 valence electrons. The van der Waals surface area contributed by atoms with Crippen LogP contribution in [0.4, 0.5) is 0 Å². The zero-order chi connectivity index (χ0) is 66.2. The van der Waals surface area contributed by atoms with Crippen LogP contribution in [0.1, 0.15) is 393 Å². The standard InChI is InChI=1S/C81H152NO8P/c1-6-8-10-12-14-16-18-20-22-24-26-28-30-32-34-36-38-40-42-43-45-47-49-51-53-55-57-59-61-63-65-67-69-71-73-80(83)87-77-79(78-89-91(85,86)88-76-75-82(3,4)5)90-81(84)74-72-70-68-66-64-62-60-58-56-54-52-50-48-46-44-41-39-37-35-33-31-29-27-25-23-21-19-17-15-13-11-9-7-2/h9,11,15,17,21,23,27,29,33,35,79H,6-8,10,12-14,16,18-20,22,24-26,28,30-32,34,36-78H2,1-5H3/b11-9-,17-15-,23-21-,29-27-,35-33-. The summed E-state index contributed by atoms with van der Waals surface area (Å²) in [5.41, 5.74) is 0. The van der Waals surface area contributed by atoms with E-state index in [0.717, 1.165) is 70.6 Å². The highest BCUT2D eigenvalue weighted by molar-refractivity contribution is 7.45. The lowest BCUT2D eigenvalue weighted by atomic mass is 10.0. The first-order valence-electron chi connectivity index (χ1n) is 39.5. The highest BCUT2D eigenvalue weighted by Crippen LogP contribution is 2.38. The van der Waals surface area contributed by atoms with E-state index in [-0.39, 0.29) is 32.0 Å². The number of hydrogen-bond donors (Lipinski definition) is 0. The number of ether oxygens (including phenoxy) is 2. The number of phosphoric ester groups is 1. The maximum Gasteiger partial charge on any atom is 0.306 e. The van der Waals surface area contributed by atoms with Crippen molar-refractivity contribution in [3.8, 4) is 0 Å². The maximum atomic E-state index is 12.9. The van der Waals surface area contributed by atoms with Crippen LogP contribution in [0.15, 0.2) is 60.8 Å². The Kier molecular flexibility index (Phi) is 70.2. The molecule has 91 heavy (non-hydrogen) atoms. The largest absolute Gasteiger partial charge is 0.756 e. The lowest BCUT2D eigenvalue weighted by molar-refractivity contribution is -0.870. The molecule has 0 saturated carbocycles. The minimum Gasteiger partial charge on any atom is -0.756 e. The van der Waals surface area contributed by atoms with Gasteiger partial charge in [0.05, 0.1) is 27.7 Å². The van der Waals surface area contributed by atoms with E-state index in [1.165, 1.54) is 289 Å². The molecule has 0 aromatic rings. The third kappa shape index (κ3) is 76.6. The summed E-state index contributed by atoms with van der Waals surface area (Å²) in [5, 5.41) is 0. The average Bonchev–Trinajstić information content (AvgIpc) is 3.62. The Morgan fingerprint density at radius 3 is 0.934 bits per heavy atom. The molecule has 9 nitrogen and oxygen atoms in total. The number of unbranched alkanes of at least 4 members (excludes halogenated alkanes) is 50. The molecular formula is C81H152NO8P. The van der Waals surface area contributed by atoms with Gasteiger partial charge in [-0.05, 0) is 57.8 Å². The highest BCUT2D eigenvalue weighted by atomic mass is 31.2. The van der Waals surface area contributed by atoms with Crippen LogP contribution in [0.2, 0.25) is 0 Å². The molecule has 0 aromatic carbocycles. The molecule has 0 aromatic heterocycles. The van der Waals surface area contributed by atoms with Crippen molar-refractivity contribution in [2.24, 2.45) is 0 Å². The number of quaternary nitrogens is 1. The van der Waals surface area contributed by atoms with Crippen molar-refractivity contribution in [1.82, 2.24) is 0 Å². The molecule has 0 amide bonds. The predicted molar refractivity (Wildman–Crippen MR) is 393 cm³/mol.